The summed E-state index contributed by atoms with van der Waals surface area (Å²) in [6.45, 7) is 0. The van der Waals surface area contributed by atoms with Crippen LogP contribution in [0, 0.1) is 0 Å². The standard InChI is InChI=1S/C11H7NO5/c13-9-7(11(16)17)4-6-3-5(10(14)15)1-2-8(6)12-9/h1-4H,(H,12,13)(H,14,15)(H,16,17). The predicted molar refractivity (Wildman–Crippen MR) is 58.5 cm³/mol. The van der Waals surface area contributed by atoms with Gasteiger partial charge in [0.2, 0.25) is 0 Å². The second-order valence-corrected chi connectivity index (χ2v) is 3.42. The fraction of sp³-hybridized carbons (Fsp3) is 0. The van der Waals surface area contributed by atoms with E-state index in [1.807, 2.05) is 0 Å². The Labute approximate surface area is 94.1 Å². The lowest BCUT2D eigenvalue weighted by molar-refractivity contribution is 0.0686. The Morgan fingerprint density at radius 1 is 1.06 bits per heavy atom. The maximum Gasteiger partial charge on any atom is 0.341 e. The number of aromatic amines is 1. The van der Waals surface area contributed by atoms with Crippen molar-refractivity contribution < 1.29 is 19.8 Å². The van der Waals surface area contributed by atoms with Gasteiger partial charge in [0.15, 0.2) is 0 Å². The van der Waals surface area contributed by atoms with Crippen LogP contribution in [0.4, 0.5) is 0 Å². The van der Waals surface area contributed by atoms with Gasteiger partial charge in [-0.15, -0.1) is 0 Å². The first kappa shape index (κ1) is 10.9. The van der Waals surface area contributed by atoms with Gasteiger partial charge in [0.05, 0.1) is 5.56 Å². The molecule has 0 saturated carbocycles. The number of hydrogen-bond acceptors (Lipinski definition) is 3. The summed E-state index contributed by atoms with van der Waals surface area (Å²) in [4.78, 5) is 35.2. The molecule has 1 heterocycles. The normalized spacial score (nSPS) is 10.4. The van der Waals surface area contributed by atoms with E-state index in [4.69, 9.17) is 10.2 Å². The van der Waals surface area contributed by atoms with E-state index in [2.05, 4.69) is 4.98 Å². The van der Waals surface area contributed by atoms with Gasteiger partial charge in [0, 0.05) is 5.52 Å². The van der Waals surface area contributed by atoms with Crippen LogP contribution < -0.4 is 5.56 Å². The largest absolute Gasteiger partial charge is 0.478 e. The lowest BCUT2D eigenvalue weighted by Crippen LogP contribution is -2.17. The Hall–Kier alpha value is -2.63. The Morgan fingerprint density at radius 3 is 2.35 bits per heavy atom. The van der Waals surface area contributed by atoms with E-state index < -0.39 is 23.1 Å². The number of pyridine rings is 1. The summed E-state index contributed by atoms with van der Waals surface area (Å²) in [5.41, 5.74) is -0.709. The van der Waals surface area contributed by atoms with Gasteiger partial charge in [-0.05, 0) is 29.7 Å². The molecule has 2 rings (SSSR count). The highest BCUT2D eigenvalue weighted by molar-refractivity contribution is 5.96. The third kappa shape index (κ3) is 1.87. The average molecular weight is 233 g/mol. The summed E-state index contributed by atoms with van der Waals surface area (Å²) in [6, 6.07) is 5.22. The predicted octanol–water partition coefficient (Wildman–Crippen LogP) is 0.924. The van der Waals surface area contributed by atoms with E-state index in [9.17, 15) is 14.4 Å². The number of H-pyrrole nitrogens is 1. The molecule has 0 unspecified atom stereocenters. The molecule has 86 valence electrons. The van der Waals surface area contributed by atoms with E-state index in [1.165, 1.54) is 18.2 Å². The molecule has 0 saturated heterocycles. The Morgan fingerprint density at radius 2 is 1.76 bits per heavy atom. The fourth-order valence-electron chi connectivity index (χ4n) is 1.50. The topological polar surface area (TPSA) is 107 Å². The van der Waals surface area contributed by atoms with Gasteiger partial charge in [-0.3, -0.25) is 4.79 Å². The summed E-state index contributed by atoms with van der Waals surface area (Å²) >= 11 is 0. The van der Waals surface area contributed by atoms with Crippen molar-refractivity contribution in [2.24, 2.45) is 0 Å². The molecular weight excluding hydrogens is 226 g/mol. The maximum absolute atomic E-state index is 11.3. The Bertz CT molecular complexity index is 686. The number of fused-ring (bicyclic) bond motifs is 1. The molecule has 3 N–H and O–H groups in total. The van der Waals surface area contributed by atoms with Crippen LogP contribution in [0.25, 0.3) is 10.9 Å². The second-order valence-electron chi connectivity index (χ2n) is 3.42. The molecule has 2 aromatic rings. The van der Waals surface area contributed by atoms with E-state index >= 15 is 0 Å². The van der Waals surface area contributed by atoms with Gasteiger partial charge in [-0.1, -0.05) is 0 Å². The molecule has 0 amide bonds. The first-order valence-electron chi connectivity index (χ1n) is 4.62. The lowest BCUT2D eigenvalue weighted by Gasteiger charge is -2.01. The highest BCUT2D eigenvalue weighted by Gasteiger charge is 2.11. The van der Waals surface area contributed by atoms with Crippen molar-refractivity contribution in [3.63, 3.8) is 0 Å². The molecule has 0 atom stereocenters. The lowest BCUT2D eigenvalue weighted by atomic mass is 10.1. The molecule has 0 aliphatic carbocycles. The van der Waals surface area contributed by atoms with Crippen molar-refractivity contribution in [1.29, 1.82) is 0 Å². The van der Waals surface area contributed by atoms with Gasteiger partial charge >= 0.3 is 11.9 Å². The molecule has 1 aromatic carbocycles. The summed E-state index contributed by atoms with van der Waals surface area (Å²) in [7, 11) is 0. The van der Waals surface area contributed by atoms with Crippen LogP contribution in [0.2, 0.25) is 0 Å². The van der Waals surface area contributed by atoms with Gasteiger partial charge in [0.25, 0.3) is 5.56 Å². The molecule has 0 aliphatic rings. The fourth-order valence-corrected chi connectivity index (χ4v) is 1.50. The minimum Gasteiger partial charge on any atom is -0.478 e. The number of carboxylic acids is 2. The molecule has 0 bridgehead atoms. The number of hydrogen-bond donors (Lipinski definition) is 3. The second kappa shape index (κ2) is 3.75. The zero-order valence-electron chi connectivity index (χ0n) is 8.43. The molecule has 0 fully saturated rings. The monoisotopic (exact) mass is 233 g/mol. The van der Waals surface area contributed by atoms with Gasteiger partial charge in [-0.2, -0.15) is 0 Å². The van der Waals surface area contributed by atoms with Crippen molar-refractivity contribution >= 4 is 22.8 Å². The van der Waals surface area contributed by atoms with Crippen LogP contribution in [-0.4, -0.2) is 27.1 Å². The molecule has 0 spiro atoms. The first-order valence-corrected chi connectivity index (χ1v) is 4.62. The maximum atomic E-state index is 11.3. The zero-order valence-corrected chi connectivity index (χ0v) is 8.43. The molecule has 0 radical (unpaired) electrons. The third-order valence-corrected chi connectivity index (χ3v) is 2.32. The zero-order chi connectivity index (χ0) is 12.6. The van der Waals surface area contributed by atoms with Gasteiger partial charge < -0.3 is 15.2 Å². The van der Waals surface area contributed by atoms with E-state index in [-0.39, 0.29) is 5.56 Å². The summed E-state index contributed by atoms with van der Waals surface area (Å²) in [6.07, 6.45) is 0. The number of carbonyl (C=O) groups is 2. The summed E-state index contributed by atoms with van der Waals surface area (Å²) in [5.74, 6) is -2.47. The third-order valence-electron chi connectivity index (χ3n) is 2.32. The van der Waals surface area contributed by atoms with E-state index in [0.29, 0.717) is 10.9 Å². The SMILES string of the molecule is O=C(O)c1ccc2[nH]c(=O)c(C(=O)O)cc2c1. The van der Waals surface area contributed by atoms with Gasteiger partial charge in [-0.25, -0.2) is 9.59 Å². The molecule has 6 nitrogen and oxygen atoms in total. The number of rotatable bonds is 2. The van der Waals surface area contributed by atoms with Gasteiger partial charge in [0.1, 0.15) is 5.56 Å². The van der Waals surface area contributed by atoms with Crippen molar-refractivity contribution in [3.8, 4) is 0 Å². The van der Waals surface area contributed by atoms with Crippen LogP contribution in [0.15, 0.2) is 29.1 Å². The van der Waals surface area contributed by atoms with Crippen LogP contribution in [-0.2, 0) is 0 Å². The average Bonchev–Trinajstić information content (AvgIpc) is 2.27. The quantitative estimate of drug-likeness (QED) is 0.714. The van der Waals surface area contributed by atoms with Crippen molar-refractivity contribution in [1.82, 2.24) is 4.98 Å². The molecule has 17 heavy (non-hydrogen) atoms. The number of nitrogens with one attached hydrogen (secondary N) is 1. The highest BCUT2D eigenvalue weighted by Crippen LogP contribution is 2.13. The van der Waals surface area contributed by atoms with Crippen LogP contribution in [0.3, 0.4) is 0 Å². The first-order chi connectivity index (χ1) is 7.99. The number of carboxylic acid groups (broad SMARTS) is 2. The Balaban J connectivity index is 2.77. The summed E-state index contributed by atoms with van der Waals surface area (Å²) in [5, 5.41) is 17.9. The summed E-state index contributed by atoms with van der Waals surface area (Å²) < 4.78 is 0. The molecule has 0 aliphatic heterocycles. The number of benzene rings is 1. The van der Waals surface area contributed by atoms with E-state index in [1.54, 1.807) is 0 Å². The van der Waals surface area contributed by atoms with Crippen LogP contribution in [0.5, 0.6) is 0 Å². The van der Waals surface area contributed by atoms with Crippen LogP contribution >= 0.6 is 0 Å². The Kier molecular flexibility index (Phi) is 2.40. The van der Waals surface area contributed by atoms with Crippen molar-refractivity contribution in [2.75, 3.05) is 0 Å². The molecule has 1 aromatic heterocycles. The minimum absolute atomic E-state index is 0.0286. The van der Waals surface area contributed by atoms with Crippen LogP contribution in [0.1, 0.15) is 20.7 Å². The number of aromatic nitrogens is 1. The molecule has 6 heteroatoms. The highest BCUT2D eigenvalue weighted by atomic mass is 16.4. The molecular formula is C11H7NO5. The minimum atomic E-state index is -1.35. The smallest absolute Gasteiger partial charge is 0.341 e. The van der Waals surface area contributed by atoms with E-state index in [0.717, 1.165) is 6.07 Å². The number of aromatic carboxylic acids is 2. The van der Waals surface area contributed by atoms with Crippen molar-refractivity contribution in [3.05, 3.63) is 45.7 Å². The van der Waals surface area contributed by atoms with Crippen molar-refractivity contribution in [2.45, 2.75) is 0 Å².